The molecule has 0 saturated heterocycles. The molecule has 0 radical (unpaired) electrons. The molecule has 0 aliphatic rings. The lowest BCUT2D eigenvalue weighted by molar-refractivity contribution is 0.207. The van der Waals surface area contributed by atoms with E-state index in [1.807, 2.05) is 25.1 Å². The van der Waals surface area contributed by atoms with Crippen molar-refractivity contribution in [1.29, 1.82) is 0 Å². The van der Waals surface area contributed by atoms with E-state index in [2.05, 4.69) is 52.9 Å². The van der Waals surface area contributed by atoms with Crippen LogP contribution in [0.2, 0.25) is 0 Å². The Morgan fingerprint density at radius 2 is 1.94 bits per heavy atom. The first-order valence-corrected chi connectivity index (χ1v) is 7.76. The van der Waals surface area contributed by atoms with Gasteiger partial charge in [-0.15, -0.1) is 0 Å². The number of aliphatic hydroxyl groups is 1. The van der Waals surface area contributed by atoms with E-state index in [4.69, 9.17) is 0 Å². The van der Waals surface area contributed by atoms with Crippen LogP contribution in [0.4, 0.5) is 0 Å². The molecule has 18 heavy (non-hydrogen) atoms. The van der Waals surface area contributed by atoms with Gasteiger partial charge in [-0.3, -0.25) is 4.68 Å². The lowest BCUT2D eigenvalue weighted by Crippen LogP contribution is -2.09. The third kappa shape index (κ3) is 2.71. The SMILES string of the molecule is CCn1ncc(Br)c1C(O)c1ccc(Br)c(Br)c1. The molecule has 0 fully saturated rings. The molecule has 1 heterocycles. The average Bonchev–Trinajstić information content (AvgIpc) is 2.73. The highest BCUT2D eigenvalue weighted by molar-refractivity contribution is 9.13. The van der Waals surface area contributed by atoms with E-state index in [0.29, 0.717) is 0 Å². The van der Waals surface area contributed by atoms with Crippen LogP contribution < -0.4 is 0 Å². The molecule has 2 rings (SSSR count). The molecule has 96 valence electrons. The molecule has 0 bridgehead atoms. The van der Waals surface area contributed by atoms with Crippen LogP contribution in [0, 0.1) is 0 Å². The summed E-state index contributed by atoms with van der Waals surface area (Å²) in [5.41, 5.74) is 1.59. The van der Waals surface area contributed by atoms with Crippen LogP contribution in [-0.2, 0) is 6.54 Å². The van der Waals surface area contributed by atoms with Gasteiger partial charge in [0.2, 0.25) is 0 Å². The molecule has 1 atom stereocenters. The minimum Gasteiger partial charge on any atom is -0.382 e. The Bertz CT molecular complexity index is 568. The predicted molar refractivity (Wildman–Crippen MR) is 81.5 cm³/mol. The largest absolute Gasteiger partial charge is 0.382 e. The summed E-state index contributed by atoms with van der Waals surface area (Å²) in [6.45, 7) is 2.71. The first-order chi connectivity index (χ1) is 8.54. The smallest absolute Gasteiger partial charge is 0.122 e. The Labute approximate surface area is 131 Å². The van der Waals surface area contributed by atoms with Crippen molar-refractivity contribution in [2.24, 2.45) is 0 Å². The lowest BCUT2D eigenvalue weighted by Gasteiger charge is -2.14. The number of nitrogens with zero attached hydrogens (tertiary/aromatic N) is 2. The Hall–Kier alpha value is -0.170. The van der Waals surface area contributed by atoms with Crippen LogP contribution in [0.3, 0.4) is 0 Å². The van der Waals surface area contributed by atoms with E-state index < -0.39 is 6.10 Å². The maximum atomic E-state index is 10.5. The summed E-state index contributed by atoms with van der Waals surface area (Å²) in [6, 6.07) is 5.69. The molecule has 3 nitrogen and oxygen atoms in total. The molecule has 2 aromatic rings. The molecule has 0 amide bonds. The zero-order chi connectivity index (χ0) is 13.3. The van der Waals surface area contributed by atoms with Crippen molar-refractivity contribution in [1.82, 2.24) is 9.78 Å². The Morgan fingerprint density at radius 3 is 2.56 bits per heavy atom. The van der Waals surface area contributed by atoms with Crippen LogP contribution in [0.1, 0.15) is 24.3 Å². The second-order valence-corrected chi connectivity index (χ2v) is 6.33. The number of benzene rings is 1. The number of rotatable bonds is 3. The molecule has 1 N–H and O–H groups in total. The normalized spacial score (nSPS) is 12.7. The van der Waals surface area contributed by atoms with E-state index in [-0.39, 0.29) is 0 Å². The van der Waals surface area contributed by atoms with E-state index in [9.17, 15) is 5.11 Å². The second kappa shape index (κ2) is 5.86. The van der Waals surface area contributed by atoms with E-state index >= 15 is 0 Å². The van der Waals surface area contributed by atoms with Crippen molar-refractivity contribution in [2.45, 2.75) is 19.6 Å². The van der Waals surface area contributed by atoms with E-state index in [0.717, 1.165) is 31.2 Å². The monoisotopic (exact) mass is 436 g/mol. The first kappa shape index (κ1) is 14.2. The maximum absolute atomic E-state index is 10.5. The zero-order valence-electron chi connectivity index (χ0n) is 9.57. The highest BCUT2D eigenvalue weighted by Crippen LogP contribution is 2.32. The average molecular weight is 439 g/mol. The minimum atomic E-state index is -0.703. The van der Waals surface area contributed by atoms with Crippen LogP contribution in [0.15, 0.2) is 37.8 Å². The van der Waals surface area contributed by atoms with Crippen molar-refractivity contribution in [3.8, 4) is 0 Å². The van der Waals surface area contributed by atoms with Crippen LogP contribution >= 0.6 is 47.8 Å². The summed E-state index contributed by atoms with van der Waals surface area (Å²) in [4.78, 5) is 0. The van der Waals surface area contributed by atoms with Gasteiger partial charge in [-0.1, -0.05) is 6.07 Å². The standard InChI is InChI=1S/C12H11Br3N2O/c1-2-17-11(10(15)6-16-17)12(18)7-3-4-8(13)9(14)5-7/h3-6,12,18H,2H2,1H3. The Kier molecular flexibility index (Phi) is 4.64. The molecule has 0 aliphatic heterocycles. The quantitative estimate of drug-likeness (QED) is 0.777. The van der Waals surface area contributed by atoms with Gasteiger partial charge in [-0.25, -0.2) is 0 Å². The molecule has 0 aliphatic carbocycles. The third-order valence-electron chi connectivity index (χ3n) is 2.65. The van der Waals surface area contributed by atoms with Crippen molar-refractivity contribution in [2.75, 3.05) is 0 Å². The van der Waals surface area contributed by atoms with Crippen LogP contribution in [0.25, 0.3) is 0 Å². The summed E-state index contributed by atoms with van der Waals surface area (Å²) < 4.78 is 4.47. The summed E-state index contributed by atoms with van der Waals surface area (Å²) >= 11 is 10.3. The maximum Gasteiger partial charge on any atom is 0.122 e. The van der Waals surface area contributed by atoms with Gasteiger partial charge in [0.05, 0.1) is 16.4 Å². The van der Waals surface area contributed by atoms with Gasteiger partial charge < -0.3 is 5.11 Å². The lowest BCUT2D eigenvalue weighted by atomic mass is 10.1. The minimum absolute atomic E-state index is 0.703. The van der Waals surface area contributed by atoms with Gasteiger partial charge in [0, 0.05) is 15.5 Å². The fraction of sp³-hybridized carbons (Fsp3) is 0.250. The third-order valence-corrected chi connectivity index (χ3v) is 5.14. The topological polar surface area (TPSA) is 38.0 Å². The first-order valence-electron chi connectivity index (χ1n) is 5.38. The van der Waals surface area contributed by atoms with Crippen molar-refractivity contribution in [3.63, 3.8) is 0 Å². The molecule has 1 aromatic heterocycles. The molecular formula is C12H11Br3N2O. The van der Waals surface area contributed by atoms with E-state index in [1.54, 1.807) is 10.9 Å². The van der Waals surface area contributed by atoms with Gasteiger partial charge in [-0.2, -0.15) is 5.10 Å². The van der Waals surface area contributed by atoms with Gasteiger partial charge in [-0.05, 0) is 72.4 Å². The molecule has 0 saturated carbocycles. The summed E-state index contributed by atoms with van der Waals surface area (Å²) in [6.07, 6.45) is 1.00. The number of halogens is 3. The molecule has 6 heteroatoms. The van der Waals surface area contributed by atoms with Crippen LogP contribution in [0.5, 0.6) is 0 Å². The fourth-order valence-corrected chi connectivity index (χ4v) is 2.89. The predicted octanol–water partition coefficient (Wildman–Crippen LogP) is 4.27. The number of hydrogen-bond donors (Lipinski definition) is 1. The highest BCUT2D eigenvalue weighted by atomic mass is 79.9. The van der Waals surface area contributed by atoms with E-state index in [1.165, 1.54) is 0 Å². The van der Waals surface area contributed by atoms with Gasteiger partial charge >= 0.3 is 0 Å². The zero-order valence-corrected chi connectivity index (χ0v) is 14.3. The van der Waals surface area contributed by atoms with Gasteiger partial charge in [0.25, 0.3) is 0 Å². The summed E-state index contributed by atoms with van der Waals surface area (Å²) in [5.74, 6) is 0. The number of aryl methyl sites for hydroxylation is 1. The fourth-order valence-electron chi connectivity index (χ4n) is 1.74. The summed E-state index contributed by atoms with van der Waals surface area (Å²) in [7, 11) is 0. The molecule has 1 unspecified atom stereocenters. The van der Waals surface area contributed by atoms with Gasteiger partial charge in [0.1, 0.15) is 6.10 Å². The molecule has 0 spiro atoms. The number of hydrogen-bond acceptors (Lipinski definition) is 2. The Balaban J connectivity index is 2.44. The number of aromatic nitrogens is 2. The summed E-state index contributed by atoms with van der Waals surface area (Å²) in [5, 5.41) is 14.7. The Morgan fingerprint density at radius 1 is 1.22 bits per heavy atom. The van der Waals surface area contributed by atoms with Crippen LogP contribution in [-0.4, -0.2) is 14.9 Å². The molecular weight excluding hydrogens is 428 g/mol. The second-order valence-electron chi connectivity index (χ2n) is 3.77. The van der Waals surface area contributed by atoms with Crippen molar-refractivity contribution >= 4 is 47.8 Å². The molecule has 1 aromatic carbocycles. The van der Waals surface area contributed by atoms with Gasteiger partial charge in [0.15, 0.2) is 0 Å². The highest BCUT2D eigenvalue weighted by Gasteiger charge is 2.19. The van der Waals surface area contributed by atoms with Crippen molar-refractivity contribution < 1.29 is 5.11 Å². The number of aliphatic hydroxyl groups excluding tert-OH is 1. The van der Waals surface area contributed by atoms with Crippen molar-refractivity contribution in [3.05, 3.63) is 49.1 Å².